The van der Waals surface area contributed by atoms with Gasteiger partial charge in [-0.1, -0.05) is 0 Å². The molecule has 0 radical (unpaired) electrons. The van der Waals surface area contributed by atoms with E-state index in [1.54, 1.807) is 6.20 Å². The molecule has 1 aliphatic heterocycles. The third kappa shape index (κ3) is 2.70. The molecule has 4 heteroatoms. The van der Waals surface area contributed by atoms with Gasteiger partial charge in [0.25, 0.3) is 0 Å². The van der Waals surface area contributed by atoms with Crippen LogP contribution >= 0.6 is 0 Å². The molecule has 0 amide bonds. The number of rotatable bonds is 4. The normalized spacial score (nSPS) is 20.3. The van der Waals surface area contributed by atoms with Crippen molar-refractivity contribution >= 4 is 5.82 Å². The molecule has 4 nitrogen and oxygen atoms in total. The van der Waals surface area contributed by atoms with Gasteiger partial charge in [-0.15, -0.1) is 5.10 Å². The van der Waals surface area contributed by atoms with Crippen molar-refractivity contribution in [2.45, 2.75) is 38.8 Å². The Labute approximate surface area is 97.1 Å². The SMILES string of the molecule is CC(C)N(CC1CCCN1)c1cccnn1. The highest BCUT2D eigenvalue weighted by Gasteiger charge is 2.20. The lowest BCUT2D eigenvalue weighted by Gasteiger charge is -2.30. The molecule has 16 heavy (non-hydrogen) atoms. The van der Waals surface area contributed by atoms with Gasteiger partial charge in [0.1, 0.15) is 0 Å². The highest BCUT2D eigenvalue weighted by atomic mass is 15.3. The monoisotopic (exact) mass is 220 g/mol. The summed E-state index contributed by atoms with van der Waals surface area (Å²) in [6.45, 7) is 6.57. The van der Waals surface area contributed by atoms with Gasteiger partial charge in [-0.25, -0.2) is 0 Å². The van der Waals surface area contributed by atoms with Crippen molar-refractivity contribution in [1.29, 1.82) is 0 Å². The Kier molecular flexibility index (Phi) is 3.72. The van der Waals surface area contributed by atoms with E-state index in [2.05, 4.69) is 34.3 Å². The van der Waals surface area contributed by atoms with E-state index in [1.807, 2.05) is 12.1 Å². The van der Waals surface area contributed by atoms with Crippen molar-refractivity contribution in [3.8, 4) is 0 Å². The van der Waals surface area contributed by atoms with Gasteiger partial charge in [0, 0.05) is 24.8 Å². The second-order valence-corrected chi connectivity index (χ2v) is 4.62. The summed E-state index contributed by atoms with van der Waals surface area (Å²) in [5.74, 6) is 0.978. The van der Waals surface area contributed by atoms with E-state index in [-0.39, 0.29) is 0 Å². The molecule has 0 spiro atoms. The van der Waals surface area contributed by atoms with Gasteiger partial charge in [0.15, 0.2) is 5.82 Å². The molecule has 0 saturated carbocycles. The average Bonchev–Trinajstić information content (AvgIpc) is 2.79. The van der Waals surface area contributed by atoms with Crippen molar-refractivity contribution in [2.24, 2.45) is 0 Å². The Bertz CT molecular complexity index is 306. The summed E-state index contributed by atoms with van der Waals surface area (Å²) in [6.07, 6.45) is 4.27. The maximum atomic E-state index is 4.19. The number of nitrogens with zero attached hydrogens (tertiary/aromatic N) is 3. The Morgan fingerprint density at radius 2 is 2.44 bits per heavy atom. The fraction of sp³-hybridized carbons (Fsp3) is 0.667. The lowest BCUT2D eigenvalue weighted by molar-refractivity contribution is 0.547. The Hall–Kier alpha value is -1.16. The molecule has 0 aromatic carbocycles. The topological polar surface area (TPSA) is 41.0 Å². The summed E-state index contributed by atoms with van der Waals surface area (Å²) in [6, 6.07) is 5.03. The average molecular weight is 220 g/mol. The molecule has 1 fully saturated rings. The largest absolute Gasteiger partial charge is 0.351 e. The standard InChI is InChI=1S/C12H20N4/c1-10(2)16(9-11-5-3-7-13-11)12-6-4-8-14-15-12/h4,6,8,10-11,13H,3,5,7,9H2,1-2H3. The van der Waals surface area contributed by atoms with Crippen LogP contribution in [0.3, 0.4) is 0 Å². The molecule has 1 unspecified atom stereocenters. The minimum Gasteiger partial charge on any atom is -0.351 e. The summed E-state index contributed by atoms with van der Waals surface area (Å²) < 4.78 is 0. The van der Waals surface area contributed by atoms with Crippen molar-refractivity contribution in [3.05, 3.63) is 18.3 Å². The third-order valence-corrected chi connectivity index (χ3v) is 3.06. The summed E-state index contributed by atoms with van der Waals surface area (Å²) in [5.41, 5.74) is 0. The van der Waals surface area contributed by atoms with E-state index in [0.29, 0.717) is 12.1 Å². The van der Waals surface area contributed by atoms with Crippen LogP contribution in [-0.4, -0.2) is 35.4 Å². The van der Waals surface area contributed by atoms with Crippen molar-refractivity contribution in [1.82, 2.24) is 15.5 Å². The fourth-order valence-corrected chi connectivity index (χ4v) is 2.17. The first kappa shape index (κ1) is 11.3. The lowest BCUT2D eigenvalue weighted by Crippen LogP contribution is -2.41. The number of hydrogen-bond donors (Lipinski definition) is 1. The maximum Gasteiger partial charge on any atom is 0.151 e. The second kappa shape index (κ2) is 5.25. The molecule has 1 N–H and O–H groups in total. The number of hydrogen-bond acceptors (Lipinski definition) is 4. The van der Waals surface area contributed by atoms with Crippen LogP contribution in [0.4, 0.5) is 5.82 Å². The van der Waals surface area contributed by atoms with Gasteiger partial charge >= 0.3 is 0 Å². The van der Waals surface area contributed by atoms with E-state index >= 15 is 0 Å². The van der Waals surface area contributed by atoms with Crippen LogP contribution in [0.5, 0.6) is 0 Å². The summed E-state index contributed by atoms with van der Waals surface area (Å²) >= 11 is 0. The predicted octanol–water partition coefficient (Wildman–Crippen LogP) is 1.44. The first-order chi connectivity index (χ1) is 7.77. The number of nitrogens with one attached hydrogen (secondary N) is 1. The Balaban J connectivity index is 2.05. The molecule has 1 aliphatic rings. The van der Waals surface area contributed by atoms with E-state index < -0.39 is 0 Å². The second-order valence-electron chi connectivity index (χ2n) is 4.62. The van der Waals surface area contributed by atoms with Crippen LogP contribution in [0.15, 0.2) is 18.3 Å². The molecule has 1 atom stereocenters. The fourth-order valence-electron chi connectivity index (χ4n) is 2.17. The predicted molar refractivity (Wildman–Crippen MR) is 65.5 cm³/mol. The van der Waals surface area contributed by atoms with Gasteiger partial charge in [0.05, 0.1) is 0 Å². The van der Waals surface area contributed by atoms with Crippen LogP contribution in [0, 0.1) is 0 Å². The van der Waals surface area contributed by atoms with Gasteiger partial charge in [-0.2, -0.15) is 5.10 Å². The van der Waals surface area contributed by atoms with Gasteiger partial charge in [0.2, 0.25) is 0 Å². The van der Waals surface area contributed by atoms with Crippen molar-refractivity contribution in [3.63, 3.8) is 0 Å². The Morgan fingerprint density at radius 1 is 1.56 bits per heavy atom. The zero-order valence-electron chi connectivity index (χ0n) is 10.1. The van der Waals surface area contributed by atoms with Crippen LogP contribution in [0.2, 0.25) is 0 Å². The van der Waals surface area contributed by atoms with E-state index in [1.165, 1.54) is 12.8 Å². The number of aromatic nitrogens is 2. The minimum absolute atomic E-state index is 0.458. The van der Waals surface area contributed by atoms with E-state index in [9.17, 15) is 0 Å². The first-order valence-corrected chi connectivity index (χ1v) is 6.05. The van der Waals surface area contributed by atoms with Crippen molar-refractivity contribution in [2.75, 3.05) is 18.0 Å². The molecule has 1 saturated heterocycles. The summed E-state index contributed by atoms with van der Waals surface area (Å²) in [5, 5.41) is 11.7. The quantitative estimate of drug-likeness (QED) is 0.833. The smallest absolute Gasteiger partial charge is 0.151 e. The van der Waals surface area contributed by atoms with Gasteiger partial charge < -0.3 is 10.2 Å². The first-order valence-electron chi connectivity index (χ1n) is 6.05. The molecular weight excluding hydrogens is 200 g/mol. The Morgan fingerprint density at radius 3 is 3.00 bits per heavy atom. The van der Waals surface area contributed by atoms with Crippen LogP contribution in [-0.2, 0) is 0 Å². The highest BCUT2D eigenvalue weighted by Crippen LogP contribution is 2.15. The molecule has 2 heterocycles. The molecule has 88 valence electrons. The highest BCUT2D eigenvalue weighted by molar-refractivity contribution is 5.37. The minimum atomic E-state index is 0.458. The maximum absolute atomic E-state index is 4.19. The summed E-state index contributed by atoms with van der Waals surface area (Å²) in [4.78, 5) is 2.32. The third-order valence-electron chi connectivity index (χ3n) is 3.06. The molecule has 0 bridgehead atoms. The zero-order chi connectivity index (χ0) is 11.4. The van der Waals surface area contributed by atoms with Gasteiger partial charge in [-0.3, -0.25) is 0 Å². The van der Waals surface area contributed by atoms with E-state index in [0.717, 1.165) is 18.9 Å². The summed E-state index contributed by atoms with van der Waals surface area (Å²) in [7, 11) is 0. The van der Waals surface area contributed by atoms with Crippen molar-refractivity contribution < 1.29 is 0 Å². The molecule has 2 rings (SSSR count). The molecule has 0 aliphatic carbocycles. The molecule has 1 aromatic rings. The number of anilines is 1. The van der Waals surface area contributed by atoms with E-state index in [4.69, 9.17) is 0 Å². The van der Waals surface area contributed by atoms with Crippen LogP contribution < -0.4 is 10.2 Å². The van der Waals surface area contributed by atoms with Crippen LogP contribution in [0.1, 0.15) is 26.7 Å². The van der Waals surface area contributed by atoms with Gasteiger partial charge in [-0.05, 0) is 45.4 Å². The van der Waals surface area contributed by atoms with Crippen LogP contribution in [0.25, 0.3) is 0 Å². The zero-order valence-corrected chi connectivity index (χ0v) is 10.1. The lowest BCUT2D eigenvalue weighted by atomic mass is 10.2. The molecular formula is C12H20N4. The molecule has 1 aromatic heterocycles.